The number of rotatable bonds is 7. The first-order valence-electron chi connectivity index (χ1n) is 17.0. The number of methoxy groups -OCH3 is 1. The number of piperazine rings is 1. The van der Waals surface area contributed by atoms with Crippen molar-refractivity contribution in [3.05, 3.63) is 56.5 Å². The van der Waals surface area contributed by atoms with Crippen LogP contribution in [0, 0.1) is 0 Å². The predicted octanol–water partition coefficient (Wildman–Crippen LogP) is 5.06. The van der Waals surface area contributed by atoms with Gasteiger partial charge in [-0.25, -0.2) is 9.59 Å². The lowest BCUT2D eigenvalue weighted by Gasteiger charge is -2.42. The van der Waals surface area contributed by atoms with Gasteiger partial charge in [-0.15, -0.1) is 0 Å². The normalized spacial score (nSPS) is 20.9. The van der Waals surface area contributed by atoms with E-state index < -0.39 is 12.2 Å². The summed E-state index contributed by atoms with van der Waals surface area (Å²) >= 11 is 7.14. The van der Waals surface area contributed by atoms with E-state index in [1.807, 2.05) is 46.2 Å². The minimum Gasteiger partial charge on any atom is -0.494 e. The van der Waals surface area contributed by atoms with E-state index >= 15 is 0 Å². The minimum atomic E-state index is -0.966. The molecule has 3 fully saturated rings. The van der Waals surface area contributed by atoms with Crippen LogP contribution in [0.15, 0.2) is 45.3 Å². The second kappa shape index (κ2) is 15.8. The van der Waals surface area contributed by atoms with Gasteiger partial charge in [-0.3, -0.25) is 9.69 Å². The molecule has 1 N–H and O–H groups in total. The largest absolute Gasteiger partial charge is 0.494 e. The number of hydrogen-bond donors (Lipinski definition) is 1. The lowest BCUT2D eigenvalue weighted by atomic mass is 10.0. The van der Waals surface area contributed by atoms with Crippen LogP contribution < -0.4 is 10.1 Å². The molecule has 0 unspecified atom stereocenters. The van der Waals surface area contributed by atoms with Crippen molar-refractivity contribution >= 4 is 55.6 Å². The van der Waals surface area contributed by atoms with Gasteiger partial charge in [0.1, 0.15) is 5.75 Å². The van der Waals surface area contributed by atoms with Crippen LogP contribution in [0.5, 0.6) is 5.75 Å². The zero-order valence-corrected chi connectivity index (χ0v) is 31.0. The highest BCUT2D eigenvalue weighted by Crippen LogP contribution is 2.35. The number of carbonyl (C=O) groups excluding carboxylic acids is 3. The topological polar surface area (TPSA) is 97.9 Å². The Morgan fingerprint density at radius 3 is 2.19 bits per heavy atom. The number of halogens is 2. The average Bonchev–Trinajstić information content (AvgIpc) is 3.26. The summed E-state index contributed by atoms with van der Waals surface area (Å²) in [7, 11) is 3.77. The summed E-state index contributed by atoms with van der Waals surface area (Å²) < 4.78 is 13.1. The number of ether oxygens (including phenoxy) is 2. The molecule has 2 aromatic rings. The molecule has 260 valence electrons. The summed E-state index contributed by atoms with van der Waals surface area (Å²) in [5.74, 6) is 0.499. The van der Waals surface area contributed by atoms with Gasteiger partial charge >= 0.3 is 12.1 Å². The Morgan fingerprint density at radius 1 is 0.875 bits per heavy atom. The van der Waals surface area contributed by atoms with Crippen LogP contribution in [0.3, 0.4) is 0 Å². The highest BCUT2D eigenvalue weighted by molar-refractivity contribution is 9.11. The number of likely N-dealkylation sites (tertiary alicyclic amines) is 2. The third-order valence-corrected chi connectivity index (χ3v) is 11.5. The second-order valence-corrected chi connectivity index (χ2v) is 15.0. The maximum Gasteiger partial charge on any atom is 0.410 e. The molecule has 4 heterocycles. The van der Waals surface area contributed by atoms with Crippen LogP contribution in [-0.2, 0) is 22.4 Å². The van der Waals surface area contributed by atoms with E-state index in [0.717, 1.165) is 71.2 Å². The number of benzene rings is 2. The molecule has 48 heavy (non-hydrogen) atoms. The van der Waals surface area contributed by atoms with Crippen molar-refractivity contribution in [2.24, 2.45) is 0 Å². The standard InChI is InChI=1S/C35H46Br2N6O5/c1-39-12-8-26(9-13-39)40-17-19-41(20-18-40)33(44)31(23-24-21-28(36)32(47-2)29(37)22-24)48-35(46)42-14-10-27(11-15-42)43-16-7-25-5-3-4-6-30(25)38-34(43)45/h3-6,21-22,26-27,31H,7-20,23H2,1-2H3,(H,38,45)/t31-/m1/s1. The summed E-state index contributed by atoms with van der Waals surface area (Å²) in [6.07, 6.45) is 3.17. The number of amides is 4. The van der Waals surface area contributed by atoms with Crippen molar-refractivity contribution < 1.29 is 23.9 Å². The van der Waals surface area contributed by atoms with Crippen molar-refractivity contribution in [2.45, 2.75) is 56.7 Å². The molecule has 0 spiro atoms. The van der Waals surface area contributed by atoms with Crippen molar-refractivity contribution in [3.8, 4) is 5.75 Å². The summed E-state index contributed by atoms with van der Waals surface area (Å²) in [4.78, 5) is 51.1. The Bertz CT molecular complexity index is 1450. The van der Waals surface area contributed by atoms with E-state index in [0.29, 0.717) is 57.4 Å². The molecule has 1 atom stereocenters. The smallest absolute Gasteiger partial charge is 0.410 e. The molecule has 0 radical (unpaired) electrons. The quantitative estimate of drug-likeness (QED) is 0.419. The van der Waals surface area contributed by atoms with Crippen LogP contribution in [0.25, 0.3) is 0 Å². The molecule has 4 amide bonds. The summed E-state index contributed by atoms with van der Waals surface area (Å²) in [6, 6.07) is 12.2. The van der Waals surface area contributed by atoms with Crippen LogP contribution in [0.2, 0.25) is 0 Å². The predicted molar refractivity (Wildman–Crippen MR) is 192 cm³/mol. The summed E-state index contributed by atoms with van der Waals surface area (Å²) in [6.45, 7) is 6.62. The Labute approximate surface area is 300 Å². The Hall–Kier alpha value is -2.87. The molecule has 4 aliphatic rings. The van der Waals surface area contributed by atoms with Gasteiger partial charge in [0.25, 0.3) is 5.91 Å². The number of piperidine rings is 2. The van der Waals surface area contributed by atoms with Crippen LogP contribution in [0.1, 0.15) is 36.8 Å². The highest BCUT2D eigenvalue weighted by atomic mass is 79.9. The van der Waals surface area contributed by atoms with E-state index in [1.54, 1.807) is 12.0 Å². The lowest BCUT2D eigenvalue weighted by molar-refractivity contribution is -0.143. The summed E-state index contributed by atoms with van der Waals surface area (Å²) in [5, 5.41) is 3.05. The fourth-order valence-corrected chi connectivity index (χ4v) is 9.09. The van der Waals surface area contributed by atoms with Gasteiger partial charge in [-0.1, -0.05) is 18.2 Å². The van der Waals surface area contributed by atoms with Gasteiger partial charge in [0.15, 0.2) is 6.10 Å². The van der Waals surface area contributed by atoms with E-state index in [1.165, 1.54) is 0 Å². The molecule has 0 aromatic heterocycles. The molecule has 4 aliphatic heterocycles. The zero-order chi connectivity index (χ0) is 33.8. The van der Waals surface area contributed by atoms with E-state index in [4.69, 9.17) is 9.47 Å². The first kappa shape index (κ1) is 35.0. The number of urea groups is 1. The second-order valence-electron chi connectivity index (χ2n) is 13.3. The molecule has 2 aromatic carbocycles. The van der Waals surface area contributed by atoms with Gasteiger partial charge < -0.3 is 34.4 Å². The first-order valence-corrected chi connectivity index (χ1v) is 18.6. The Kier molecular flexibility index (Phi) is 11.5. The number of carbonyl (C=O) groups is 3. The number of fused-ring (bicyclic) bond motifs is 1. The SMILES string of the molecule is COc1c(Br)cc(C[C@@H](OC(=O)N2CCC(N3CCc4ccccc4NC3=O)CC2)C(=O)N2CCN(C3CCN(C)CC3)CC2)cc1Br. The van der Waals surface area contributed by atoms with E-state index in [2.05, 4.69) is 54.0 Å². The molecule has 11 nitrogen and oxygen atoms in total. The molecule has 6 rings (SSSR count). The average molecular weight is 791 g/mol. The Morgan fingerprint density at radius 2 is 1.52 bits per heavy atom. The van der Waals surface area contributed by atoms with Crippen LogP contribution in [0.4, 0.5) is 15.3 Å². The first-order chi connectivity index (χ1) is 23.2. The van der Waals surface area contributed by atoms with Crippen molar-refractivity contribution in [1.82, 2.24) is 24.5 Å². The van der Waals surface area contributed by atoms with Crippen molar-refractivity contribution in [1.29, 1.82) is 0 Å². The van der Waals surface area contributed by atoms with Gasteiger partial charge in [-0.05, 0) is 113 Å². The van der Waals surface area contributed by atoms with Gasteiger partial charge in [-0.2, -0.15) is 0 Å². The molecule has 0 bridgehead atoms. The molecular formula is C35H46Br2N6O5. The molecular weight excluding hydrogens is 744 g/mol. The monoisotopic (exact) mass is 788 g/mol. The number of para-hydroxylation sites is 1. The number of nitrogens with one attached hydrogen (secondary N) is 1. The minimum absolute atomic E-state index is 0.0238. The third-order valence-electron chi connectivity index (χ3n) is 10.3. The number of hydrogen-bond acceptors (Lipinski definition) is 7. The molecule has 0 aliphatic carbocycles. The van der Waals surface area contributed by atoms with Gasteiger partial charge in [0, 0.05) is 70.0 Å². The van der Waals surface area contributed by atoms with E-state index in [9.17, 15) is 14.4 Å². The molecule has 3 saturated heterocycles. The van der Waals surface area contributed by atoms with Crippen LogP contribution >= 0.6 is 31.9 Å². The molecule has 13 heteroatoms. The zero-order valence-electron chi connectivity index (χ0n) is 27.8. The van der Waals surface area contributed by atoms with E-state index in [-0.39, 0.29) is 24.4 Å². The fourth-order valence-electron chi connectivity index (χ4n) is 7.48. The van der Waals surface area contributed by atoms with Gasteiger partial charge in [0.2, 0.25) is 0 Å². The third kappa shape index (κ3) is 8.11. The maximum absolute atomic E-state index is 14.1. The molecule has 0 saturated carbocycles. The summed E-state index contributed by atoms with van der Waals surface area (Å²) in [5.41, 5.74) is 2.84. The number of nitrogens with zero attached hydrogens (tertiary/aromatic N) is 5. The fraction of sp³-hybridized carbons (Fsp3) is 0.571. The lowest BCUT2D eigenvalue weighted by Crippen LogP contribution is -2.56. The Balaban J connectivity index is 1.09. The number of anilines is 1. The van der Waals surface area contributed by atoms with Gasteiger partial charge in [0.05, 0.1) is 16.1 Å². The highest BCUT2D eigenvalue weighted by Gasteiger charge is 2.36. The van der Waals surface area contributed by atoms with Crippen molar-refractivity contribution in [3.63, 3.8) is 0 Å². The maximum atomic E-state index is 14.1. The van der Waals surface area contributed by atoms with Crippen LogP contribution in [-0.4, -0.2) is 134 Å². The van der Waals surface area contributed by atoms with Crippen molar-refractivity contribution in [2.75, 3.05) is 78.4 Å².